The molecule has 0 amide bonds. The van der Waals surface area contributed by atoms with Crippen LogP contribution in [0.1, 0.15) is 27.0 Å². The van der Waals surface area contributed by atoms with Gasteiger partial charge in [0.15, 0.2) is 0 Å². The van der Waals surface area contributed by atoms with E-state index in [-0.39, 0.29) is 5.97 Å². The Morgan fingerprint density at radius 2 is 1.52 bits per heavy atom. The summed E-state index contributed by atoms with van der Waals surface area (Å²) in [5.74, 6) is 1.01. The average molecular weight is 332 g/mol. The van der Waals surface area contributed by atoms with Crippen LogP contribution in [0.4, 0.5) is 0 Å². The first-order valence-corrected chi connectivity index (χ1v) is 8.17. The molecule has 3 rings (SSSR count). The van der Waals surface area contributed by atoms with Crippen LogP contribution in [0.5, 0.6) is 11.5 Å². The molecule has 0 saturated heterocycles. The molecule has 0 heterocycles. The lowest BCUT2D eigenvalue weighted by molar-refractivity contribution is 0.0734. The summed E-state index contributed by atoms with van der Waals surface area (Å²) in [7, 11) is 0. The molecule has 3 aromatic carbocycles. The Morgan fingerprint density at radius 3 is 2.20 bits per heavy atom. The second kappa shape index (κ2) is 7.67. The highest BCUT2D eigenvalue weighted by molar-refractivity contribution is 5.91. The number of benzene rings is 3. The zero-order chi connectivity index (χ0) is 17.6. The van der Waals surface area contributed by atoms with Gasteiger partial charge >= 0.3 is 5.97 Å². The van der Waals surface area contributed by atoms with E-state index in [4.69, 9.17) is 9.47 Å². The number of rotatable bonds is 5. The van der Waals surface area contributed by atoms with E-state index in [0.717, 1.165) is 22.4 Å². The van der Waals surface area contributed by atoms with E-state index < -0.39 is 0 Å². The normalized spacial score (nSPS) is 10.3. The lowest BCUT2D eigenvalue weighted by Crippen LogP contribution is -2.08. The van der Waals surface area contributed by atoms with Gasteiger partial charge in [0.2, 0.25) is 0 Å². The van der Waals surface area contributed by atoms with E-state index in [1.807, 2.05) is 62.4 Å². The van der Waals surface area contributed by atoms with Crippen molar-refractivity contribution < 1.29 is 14.3 Å². The highest BCUT2D eigenvalue weighted by Gasteiger charge is 2.08. The van der Waals surface area contributed by atoms with Crippen molar-refractivity contribution >= 4 is 5.97 Å². The smallest absolute Gasteiger partial charge is 0.343 e. The lowest BCUT2D eigenvalue weighted by Gasteiger charge is -2.08. The zero-order valence-corrected chi connectivity index (χ0v) is 14.4. The molecule has 0 aliphatic carbocycles. The maximum Gasteiger partial charge on any atom is 0.343 e. The van der Waals surface area contributed by atoms with Gasteiger partial charge < -0.3 is 9.47 Å². The number of carbonyl (C=O) groups is 1. The Balaban J connectivity index is 1.59. The van der Waals surface area contributed by atoms with Crippen molar-refractivity contribution in [2.75, 3.05) is 0 Å². The van der Waals surface area contributed by atoms with Crippen LogP contribution < -0.4 is 9.47 Å². The number of aryl methyl sites for hydroxylation is 2. The van der Waals surface area contributed by atoms with Crippen molar-refractivity contribution in [2.45, 2.75) is 20.5 Å². The Labute approximate surface area is 147 Å². The first-order valence-electron chi connectivity index (χ1n) is 8.17. The summed E-state index contributed by atoms with van der Waals surface area (Å²) < 4.78 is 11.1. The summed E-state index contributed by atoms with van der Waals surface area (Å²) in [5.41, 5.74) is 3.79. The molecule has 0 N–H and O–H groups in total. The highest BCUT2D eigenvalue weighted by atomic mass is 16.5. The van der Waals surface area contributed by atoms with Gasteiger partial charge in [0.25, 0.3) is 0 Å². The van der Waals surface area contributed by atoms with E-state index in [1.165, 1.54) is 0 Å². The molecular weight excluding hydrogens is 312 g/mol. The molecule has 25 heavy (non-hydrogen) atoms. The lowest BCUT2D eigenvalue weighted by atomic mass is 10.1. The van der Waals surface area contributed by atoms with Crippen LogP contribution in [0.3, 0.4) is 0 Å². The number of ether oxygens (including phenoxy) is 2. The van der Waals surface area contributed by atoms with Gasteiger partial charge in [-0.2, -0.15) is 0 Å². The summed E-state index contributed by atoms with van der Waals surface area (Å²) in [6.07, 6.45) is 0. The van der Waals surface area contributed by atoms with Crippen LogP contribution in [0.2, 0.25) is 0 Å². The number of esters is 1. The van der Waals surface area contributed by atoms with Crippen molar-refractivity contribution in [3.63, 3.8) is 0 Å². The molecule has 0 radical (unpaired) electrons. The van der Waals surface area contributed by atoms with Gasteiger partial charge in [-0.05, 0) is 61.4 Å². The van der Waals surface area contributed by atoms with E-state index in [1.54, 1.807) is 24.3 Å². The minimum Gasteiger partial charge on any atom is -0.489 e. The Kier molecular flexibility index (Phi) is 5.14. The second-order valence-corrected chi connectivity index (χ2v) is 6.00. The highest BCUT2D eigenvalue weighted by Crippen LogP contribution is 2.16. The van der Waals surface area contributed by atoms with Crippen LogP contribution in [-0.2, 0) is 6.61 Å². The minimum absolute atomic E-state index is 0.366. The molecule has 0 spiro atoms. The van der Waals surface area contributed by atoms with E-state index in [0.29, 0.717) is 17.9 Å². The molecule has 126 valence electrons. The molecule has 0 saturated carbocycles. The third kappa shape index (κ3) is 4.70. The summed E-state index contributed by atoms with van der Waals surface area (Å²) in [4.78, 5) is 12.2. The molecule has 3 aromatic rings. The summed E-state index contributed by atoms with van der Waals surface area (Å²) in [6.45, 7) is 4.47. The van der Waals surface area contributed by atoms with Crippen molar-refractivity contribution in [1.29, 1.82) is 0 Å². The van der Waals surface area contributed by atoms with E-state index in [2.05, 4.69) is 0 Å². The molecule has 0 fully saturated rings. The van der Waals surface area contributed by atoms with Gasteiger partial charge in [0.1, 0.15) is 18.1 Å². The predicted octanol–water partition coefficient (Wildman–Crippen LogP) is 5.10. The Morgan fingerprint density at radius 1 is 0.800 bits per heavy atom. The third-order valence-electron chi connectivity index (χ3n) is 3.82. The van der Waals surface area contributed by atoms with Gasteiger partial charge in [0.05, 0.1) is 5.56 Å². The van der Waals surface area contributed by atoms with Crippen LogP contribution in [-0.4, -0.2) is 5.97 Å². The van der Waals surface area contributed by atoms with Crippen molar-refractivity contribution in [3.8, 4) is 11.5 Å². The van der Waals surface area contributed by atoms with Crippen molar-refractivity contribution in [3.05, 3.63) is 95.1 Å². The van der Waals surface area contributed by atoms with Gasteiger partial charge in [0, 0.05) is 0 Å². The Bertz CT molecular complexity index is 849. The summed E-state index contributed by atoms with van der Waals surface area (Å²) >= 11 is 0. The predicted molar refractivity (Wildman–Crippen MR) is 98.1 cm³/mol. The second-order valence-electron chi connectivity index (χ2n) is 6.00. The largest absolute Gasteiger partial charge is 0.489 e. The summed E-state index contributed by atoms with van der Waals surface area (Å²) in [6, 6.07) is 22.6. The van der Waals surface area contributed by atoms with E-state index >= 15 is 0 Å². The fourth-order valence-corrected chi connectivity index (χ4v) is 2.38. The third-order valence-corrected chi connectivity index (χ3v) is 3.82. The zero-order valence-electron chi connectivity index (χ0n) is 14.4. The monoisotopic (exact) mass is 332 g/mol. The molecular formula is C22H20O3. The van der Waals surface area contributed by atoms with Gasteiger partial charge in [-0.3, -0.25) is 0 Å². The number of carbonyl (C=O) groups excluding carboxylic acids is 1. The SMILES string of the molecule is Cc1ccc(OC(=O)c2ccc(COc3cccc(C)c3)cc2)cc1. The van der Waals surface area contributed by atoms with Crippen LogP contribution >= 0.6 is 0 Å². The molecule has 3 nitrogen and oxygen atoms in total. The molecule has 0 bridgehead atoms. The molecule has 3 heteroatoms. The number of hydrogen-bond donors (Lipinski definition) is 0. The van der Waals surface area contributed by atoms with E-state index in [9.17, 15) is 4.79 Å². The van der Waals surface area contributed by atoms with Crippen molar-refractivity contribution in [2.24, 2.45) is 0 Å². The van der Waals surface area contributed by atoms with Crippen molar-refractivity contribution in [1.82, 2.24) is 0 Å². The summed E-state index contributed by atoms with van der Waals surface area (Å²) in [5, 5.41) is 0. The maximum absolute atomic E-state index is 12.2. The topological polar surface area (TPSA) is 35.5 Å². The first-order chi connectivity index (χ1) is 12.1. The van der Waals surface area contributed by atoms with Gasteiger partial charge in [-0.1, -0.05) is 42.0 Å². The van der Waals surface area contributed by atoms with Crippen LogP contribution in [0, 0.1) is 13.8 Å². The molecule has 0 aliphatic heterocycles. The van der Waals surface area contributed by atoms with Crippen LogP contribution in [0.15, 0.2) is 72.8 Å². The molecule has 0 aromatic heterocycles. The molecule has 0 unspecified atom stereocenters. The fourth-order valence-electron chi connectivity index (χ4n) is 2.38. The average Bonchev–Trinajstić information content (AvgIpc) is 2.62. The maximum atomic E-state index is 12.2. The van der Waals surface area contributed by atoms with Gasteiger partial charge in [-0.25, -0.2) is 4.79 Å². The number of hydrogen-bond acceptors (Lipinski definition) is 3. The molecule has 0 aliphatic rings. The minimum atomic E-state index is -0.366. The Hall–Kier alpha value is -3.07. The molecule has 0 atom stereocenters. The standard InChI is InChI=1S/C22H20O3/c1-16-6-12-20(13-7-16)25-22(23)19-10-8-18(9-11-19)15-24-21-5-3-4-17(2)14-21/h3-14H,15H2,1-2H3. The van der Waals surface area contributed by atoms with Gasteiger partial charge in [-0.15, -0.1) is 0 Å². The van der Waals surface area contributed by atoms with Crippen LogP contribution in [0.25, 0.3) is 0 Å². The first kappa shape index (κ1) is 16.8. The fraction of sp³-hybridized carbons (Fsp3) is 0.136. The quantitative estimate of drug-likeness (QED) is 0.481.